The fourth-order valence-electron chi connectivity index (χ4n) is 5.96. The first-order valence-corrected chi connectivity index (χ1v) is 9.98. The van der Waals surface area contributed by atoms with Gasteiger partial charge < -0.3 is 5.11 Å². The van der Waals surface area contributed by atoms with Crippen LogP contribution in [0.15, 0.2) is 22.7 Å². The van der Waals surface area contributed by atoms with E-state index in [4.69, 9.17) is 0 Å². The van der Waals surface area contributed by atoms with Gasteiger partial charge in [0.1, 0.15) is 0 Å². The molecule has 0 saturated heterocycles. The van der Waals surface area contributed by atoms with Crippen molar-refractivity contribution in [3.8, 4) is 0 Å². The summed E-state index contributed by atoms with van der Waals surface area (Å²) in [5.41, 5.74) is 1.60. The topological polar surface area (TPSA) is 20.2 Å². The average molecular weight is 367 g/mol. The zero-order valence-electron chi connectivity index (χ0n) is 14.3. The third kappa shape index (κ3) is 2.98. The van der Waals surface area contributed by atoms with Gasteiger partial charge in [0.2, 0.25) is 0 Å². The molecule has 1 unspecified atom stereocenters. The van der Waals surface area contributed by atoms with Crippen molar-refractivity contribution in [2.24, 2.45) is 29.1 Å². The minimum atomic E-state index is -0.566. The smallest absolute Gasteiger partial charge is 0.0805 e. The monoisotopic (exact) mass is 366 g/mol. The number of hydrogen-bond acceptors (Lipinski definition) is 1. The van der Waals surface area contributed by atoms with Crippen LogP contribution in [0.25, 0.3) is 0 Å². The molecule has 3 aliphatic carbocycles. The molecule has 22 heavy (non-hydrogen) atoms. The second-order valence-corrected chi connectivity index (χ2v) is 9.13. The fraction of sp³-hybridized carbons (Fsp3) is 0.800. The highest BCUT2D eigenvalue weighted by molar-refractivity contribution is 9.11. The van der Waals surface area contributed by atoms with E-state index in [1.165, 1.54) is 38.5 Å². The van der Waals surface area contributed by atoms with Gasteiger partial charge in [-0.2, -0.15) is 0 Å². The van der Waals surface area contributed by atoms with Crippen LogP contribution in [0.4, 0.5) is 0 Å². The van der Waals surface area contributed by atoms with Gasteiger partial charge in [-0.05, 0) is 85.9 Å². The van der Waals surface area contributed by atoms with Crippen LogP contribution < -0.4 is 0 Å². The highest BCUT2D eigenvalue weighted by atomic mass is 79.9. The number of rotatable bonds is 3. The molecule has 2 heteroatoms. The van der Waals surface area contributed by atoms with E-state index in [1.54, 1.807) is 5.57 Å². The SMILES string of the molecule is C[C@H](C[C@H]1C=C[C@@](C)(O)C1)[C@H]1CCC2/C(=C/Br)CCC[C@@]21C. The van der Waals surface area contributed by atoms with Crippen molar-refractivity contribution in [1.82, 2.24) is 0 Å². The first kappa shape index (κ1) is 16.8. The van der Waals surface area contributed by atoms with Gasteiger partial charge in [0, 0.05) is 0 Å². The summed E-state index contributed by atoms with van der Waals surface area (Å²) in [6.45, 7) is 6.96. The standard InChI is InChI=1S/C20H31BrO/c1-14(11-15-8-10-19(2,22)12-15)17-6-7-18-16(13-21)5-4-9-20(17,18)3/h8,10,13-15,17-18,22H,4-7,9,11-12H2,1-3H3/b16-13+/t14-,15-,17-,18?,19-,20-/m1/s1. The lowest BCUT2D eigenvalue weighted by Crippen LogP contribution is -2.36. The summed E-state index contributed by atoms with van der Waals surface area (Å²) in [6.07, 6.45) is 13.2. The molecule has 2 saturated carbocycles. The quantitative estimate of drug-likeness (QED) is 0.622. The molecule has 1 N–H and O–H groups in total. The van der Waals surface area contributed by atoms with Crippen molar-refractivity contribution >= 4 is 15.9 Å². The Morgan fingerprint density at radius 2 is 2.18 bits per heavy atom. The number of hydrogen-bond donors (Lipinski definition) is 1. The highest BCUT2D eigenvalue weighted by Gasteiger charge is 2.50. The normalized spacial score (nSPS) is 47.9. The third-order valence-electron chi connectivity index (χ3n) is 6.94. The Morgan fingerprint density at radius 1 is 1.41 bits per heavy atom. The summed E-state index contributed by atoms with van der Waals surface area (Å²) in [5, 5.41) is 10.1. The van der Waals surface area contributed by atoms with Crippen LogP contribution in [0.1, 0.15) is 65.7 Å². The van der Waals surface area contributed by atoms with E-state index in [9.17, 15) is 5.11 Å². The molecular formula is C20H31BrO. The Labute approximate surface area is 144 Å². The van der Waals surface area contributed by atoms with Gasteiger partial charge in [0.25, 0.3) is 0 Å². The van der Waals surface area contributed by atoms with Crippen LogP contribution in [-0.2, 0) is 0 Å². The Hall–Kier alpha value is -0.0800. The van der Waals surface area contributed by atoms with Crippen molar-refractivity contribution in [3.05, 3.63) is 22.7 Å². The maximum Gasteiger partial charge on any atom is 0.0805 e. The molecule has 124 valence electrons. The van der Waals surface area contributed by atoms with Gasteiger partial charge in [0.05, 0.1) is 5.60 Å². The van der Waals surface area contributed by atoms with Gasteiger partial charge in [0.15, 0.2) is 0 Å². The summed E-state index contributed by atoms with van der Waals surface area (Å²) < 4.78 is 0. The van der Waals surface area contributed by atoms with Crippen molar-refractivity contribution in [3.63, 3.8) is 0 Å². The van der Waals surface area contributed by atoms with Crippen molar-refractivity contribution in [1.29, 1.82) is 0 Å². The zero-order chi connectivity index (χ0) is 16.0. The summed E-state index contributed by atoms with van der Waals surface area (Å²) >= 11 is 3.61. The van der Waals surface area contributed by atoms with Gasteiger partial charge in [-0.1, -0.05) is 47.5 Å². The van der Waals surface area contributed by atoms with E-state index < -0.39 is 5.60 Å². The fourth-order valence-corrected chi connectivity index (χ4v) is 6.51. The van der Waals surface area contributed by atoms with Crippen LogP contribution >= 0.6 is 15.9 Å². The number of fused-ring (bicyclic) bond motifs is 1. The van der Waals surface area contributed by atoms with Gasteiger partial charge in [-0.25, -0.2) is 0 Å². The predicted molar refractivity (Wildman–Crippen MR) is 96.8 cm³/mol. The Balaban J connectivity index is 1.69. The lowest BCUT2D eigenvalue weighted by atomic mass is 9.61. The molecule has 0 spiro atoms. The molecule has 0 aromatic carbocycles. The molecule has 0 aromatic rings. The molecule has 3 rings (SSSR count). The maximum absolute atomic E-state index is 10.1. The molecule has 0 aliphatic heterocycles. The first-order valence-electron chi connectivity index (χ1n) is 9.06. The van der Waals surface area contributed by atoms with E-state index >= 15 is 0 Å². The van der Waals surface area contributed by atoms with Gasteiger partial charge in [-0.15, -0.1) is 0 Å². The van der Waals surface area contributed by atoms with Gasteiger partial charge >= 0.3 is 0 Å². The summed E-state index contributed by atoms with van der Waals surface area (Å²) in [4.78, 5) is 2.22. The lowest BCUT2D eigenvalue weighted by Gasteiger charge is -2.44. The number of halogens is 1. The Bertz CT molecular complexity index is 478. The molecule has 0 heterocycles. The molecular weight excluding hydrogens is 336 g/mol. The maximum atomic E-state index is 10.1. The van der Waals surface area contributed by atoms with E-state index in [1.807, 2.05) is 13.0 Å². The number of aliphatic hydroxyl groups is 1. The van der Waals surface area contributed by atoms with Crippen LogP contribution in [-0.4, -0.2) is 10.7 Å². The van der Waals surface area contributed by atoms with Gasteiger partial charge in [-0.3, -0.25) is 0 Å². The van der Waals surface area contributed by atoms with E-state index in [0.717, 1.165) is 24.2 Å². The second-order valence-electron chi connectivity index (χ2n) is 8.67. The van der Waals surface area contributed by atoms with E-state index in [0.29, 0.717) is 11.3 Å². The third-order valence-corrected chi connectivity index (χ3v) is 7.53. The van der Waals surface area contributed by atoms with Crippen LogP contribution in [0.2, 0.25) is 0 Å². The first-order chi connectivity index (χ1) is 10.4. The van der Waals surface area contributed by atoms with Crippen molar-refractivity contribution in [2.75, 3.05) is 0 Å². The Morgan fingerprint density at radius 3 is 2.82 bits per heavy atom. The summed E-state index contributed by atoms with van der Waals surface area (Å²) in [5.74, 6) is 2.98. The van der Waals surface area contributed by atoms with E-state index in [-0.39, 0.29) is 0 Å². The second kappa shape index (κ2) is 6.09. The molecule has 0 amide bonds. The average Bonchev–Trinajstić information content (AvgIpc) is 2.97. The Kier molecular flexibility index (Phi) is 4.64. The molecule has 2 fully saturated rings. The van der Waals surface area contributed by atoms with Crippen LogP contribution in [0.3, 0.4) is 0 Å². The molecule has 1 nitrogen and oxygen atoms in total. The zero-order valence-corrected chi connectivity index (χ0v) is 15.9. The summed E-state index contributed by atoms with van der Waals surface area (Å²) in [7, 11) is 0. The largest absolute Gasteiger partial charge is 0.386 e. The van der Waals surface area contributed by atoms with E-state index in [2.05, 4.69) is 40.8 Å². The molecule has 3 aliphatic rings. The predicted octanol–water partition coefficient (Wildman–Crippen LogP) is 5.83. The molecule has 0 radical (unpaired) electrons. The minimum Gasteiger partial charge on any atom is -0.386 e. The molecule has 0 bridgehead atoms. The van der Waals surface area contributed by atoms with Crippen molar-refractivity contribution in [2.45, 2.75) is 71.3 Å². The van der Waals surface area contributed by atoms with Crippen LogP contribution in [0, 0.1) is 29.1 Å². The summed E-state index contributed by atoms with van der Waals surface area (Å²) in [6, 6.07) is 0. The highest BCUT2D eigenvalue weighted by Crippen LogP contribution is 2.60. The lowest BCUT2D eigenvalue weighted by molar-refractivity contribution is 0.0756. The van der Waals surface area contributed by atoms with Crippen LogP contribution in [0.5, 0.6) is 0 Å². The number of allylic oxidation sites excluding steroid dienone is 2. The van der Waals surface area contributed by atoms with Crippen molar-refractivity contribution < 1.29 is 5.11 Å². The molecule has 6 atom stereocenters. The molecule has 0 aromatic heterocycles. The minimum absolute atomic E-state index is 0.502.